The SMILES string of the molecule is COc1cc(/C=C/C(=O)Nc2cc(CCc3ccccc3)ccc2C=O)ccc1O. The molecule has 0 spiro atoms. The van der Waals surface area contributed by atoms with Gasteiger partial charge in [0.05, 0.1) is 12.8 Å². The summed E-state index contributed by atoms with van der Waals surface area (Å²) in [6, 6.07) is 20.4. The van der Waals surface area contributed by atoms with Gasteiger partial charge >= 0.3 is 0 Å². The topological polar surface area (TPSA) is 75.6 Å². The second-order valence-electron chi connectivity index (χ2n) is 6.78. The molecule has 1 amide bonds. The van der Waals surface area contributed by atoms with Crippen LogP contribution in [0.1, 0.15) is 27.0 Å². The Bertz CT molecular complexity index is 1060. The van der Waals surface area contributed by atoms with E-state index in [4.69, 9.17) is 4.74 Å². The van der Waals surface area contributed by atoms with Crippen molar-refractivity contribution < 1.29 is 19.4 Å². The Morgan fingerprint density at radius 1 is 1.00 bits per heavy atom. The molecule has 0 unspecified atom stereocenters. The maximum absolute atomic E-state index is 12.4. The number of aromatic hydroxyl groups is 1. The lowest BCUT2D eigenvalue weighted by Gasteiger charge is -2.09. The van der Waals surface area contributed by atoms with Crippen LogP contribution in [0.15, 0.2) is 72.8 Å². The van der Waals surface area contributed by atoms with Crippen molar-refractivity contribution in [2.75, 3.05) is 12.4 Å². The maximum atomic E-state index is 12.4. The minimum absolute atomic E-state index is 0.0297. The molecular formula is C25H23NO4. The Morgan fingerprint density at radius 3 is 2.50 bits per heavy atom. The summed E-state index contributed by atoms with van der Waals surface area (Å²) in [5.74, 6) is -0.000637. The third-order valence-corrected chi connectivity index (χ3v) is 4.68. The fraction of sp³-hybridized carbons (Fsp3) is 0.120. The zero-order valence-electron chi connectivity index (χ0n) is 16.7. The zero-order valence-corrected chi connectivity index (χ0v) is 16.7. The predicted octanol–water partition coefficient (Wildman–Crippen LogP) is 4.65. The number of carbonyl (C=O) groups is 2. The second kappa shape index (κ2) is 10.1. The van der Waals surface area contributed by atoms with E-state index in [9.17, 15) is 14.7 Å². The number of carbonyl (C=O) groups excluding carboxylic acids is 2. The van der Waals surface area contributed by atoms with Gasteiger partial charge in [0.1, 0.15) is 0 Å². The molecule has 3 rings (SSSR count). The first-order valence-electron chi connectivity index (χ1n) is 9.57. The van der Waals surface area contributed by atoms with Gasteiger partial charge in [-0.25, -0.2) is 0 Å². The number of hydrogen-bond donors (Lipinski definition) is 2. The van der Waals surface area contributed by atoms with E-state index in [-0.39, 0.29) is 11.7 Å². The summed E-state index contributed by atoms with van der Waals surface area (Å²) in [6.45, 7) is 0. The first-order chi connectivity index (χ1) is 14.6. The largest absolute Gasteiger partial charge is 0.504 e. The number of methoxy groups -OCH3 is 1. The molecule has 3 aromatic rings. The molecule has 0 aromatic heterocycles. The van der Waals surface area contributed by atoms with Gasteiger partial charge in [-0.2, -0.15) is 0 Å². The third-order valence-electron chi connectivity index (χ3n) is 4.68. The highest BCUT2D eigenvalue weighted by molar-refractivity contribution is 6.04. The van der Waals surface area contributed by atoms with Crippen molar-refractivity contribution in [2.24, 2.45) is 0 Å². The highest BCUT2D eigenvalue weighted by Crippen LogP contribution is 2.26. The van der Waals surface area contributed by atoms with Gasteiger partial charge in [-0.15, -0.1) is 0 Å². The number of rotatable bonds is 8. The van der Waals surface area contributed by atoms with Gasteiger partial charge in [0.2, 0.25) is 5.91 Å². The molecule has 5 heteroatoms. The van der Waals surface area contributed by atoms with Crippen LogP contribution in [-0.4, -0.2) is 24.4 Å². The van der Waals surface area contributed by atoms with Gasteiger partial charge in [0, 0.05) is 11.6 Å². The van der Waals surface area contributed by atoms with Gasteiger partial charge in [-0.05, 0) is 59.9 Å². The van der Waals surface area contributed by atoms with E-state index >= 15 is 0 Å². The molecule has 5 nitrogen and oxygen atoms in total. The number of aldehydes is 1. The van der Waals surface area contributed by atoms with E-state index in [2.05, 4.69) is 17.4 Å². The highest BCUT2D eigenvalue weighted by atomic mass is 16.5. The Morgan fingerprint density at radius 2 is 1.77 bits per heavy atom. The molecule has 0 aliphatic heterocycles. The molecule has 0 bridgehead atoms. The summed E-state index contributed by atoms with van der Waals surface area (Å²) in [5.41, 5.74) is 3.87. The molecule has 0 saturated carbocycles. The van der Waals surface area contributed by atoms with Crippen LogP contribution in [0.4, 0.5) is 5.69 Å². The summed E-state index contributed by atoms with van der Waals surface area (Å²) < 4.78 is 5.06. The van der Waals surface area contributed by atoms with Crippen molar-refractivity contribution >= 4 is 24.0 Å². The minimum atomic E-state index is -0.356. The lowest BCUT2D eigenvalue weighted by Crippen LogP contribution is -2.10. The second-order valence-corrected chi connectivity index (χ2v) is 6.78. The van der Waals surface area contributed by atoms with Crippen molar-refractivity contribution in [3.05, 3.63) is 95.1 Å². The number of anilines is 1. The third kappa shape index (κ3) is 5.58. The normalized spacial score (nSPS) is 10.7. The number of phenolic OH excluding ortho intramolecular Hbond substituents is 1. The van der Waals surface area contributed by atoms with Crippen LogP contribution in [0.3, 0.4) is 0 Å². The van der Waals surface area contributed by atoms with E-state index in [1.807, 2.05) is 30.3 Å². The molecule has 0 atom stereocenters. The molecule has 0 aliphatic carbocycles. The van der Waals surface area contributed by atoms with E-state index in [0.717, 1.165) is 24.7 Å². The smallest absolute Gasteiger partial charge is 0.248 e. The van der Waals surface area contributed by atoms with Gasteiger partial charge in [0.25, 0.3) is 0 Å². The van der Waals surface area contributed by atoms with Crippen molar-refractivity contribution in [1.82, 2.24) is 0 Å². The van der Waals surface area contributed by atoms with Gasteiger partial charge < -0.3 is 15.2 Å². The maximum Gasteiger partial charge on any atom is 0.248 e. The van der Waals surface area contributed by atoms with Crippen LogP contribution >= 0.6 is 0 Å². The number of hydrogen-bond acceptors (Lipinski definition) is 4. The number of benzene rings is 3. The van der Waals surface area contributed by atoms with Gasteiger partial charge in [-0.1, -0.05) is 42.5 Å². The van der Waals surface area contributed by atoms with E-state index in [1.165, 1.54) is 24.8 Å². The molecule has 2 N–H and O–H groups in total. The van der Waals surface area contributed by atoms with Crippen LogP contribution in [0.5, 0.6) is 11.5 Å². The Kier molecular flexibility index (Phi) is 7.00. The first kappa shape index (κ1) is 20.9. The minimum Gasteiger partial charge on any atom is -0.504 e. The number of amides is 1. The summed E-state index contributed by atoms with van der Waals surface area (Å²) in [7, 11) is 1.46. The quantitative estimate of drug-likeness (QED) is 0.426. The Balaban J connectivity index is 1.69. The monoisotopic (exact) mass is 401 g/mol. The zero-order chi connectivity index (χ0) is 21.3. The van der Waals surface area contributed by atoms with Crippen molar-refractivity contribution in [1.29, 1.82) is 0 Å². The summed E-state index contributed by atoms with van der Waals surface area (Å²) >= 11 is 0. The molecule has 0 fully saturated rings. The fourth-order valence-corrected chi connectivity index (χ4v) is 3.05. The van der Waals surface area contributed by atoms with Crippen molar-refractivity contribution in [3.8, 4) is 11.5 Å². The standard InChI is InChI=1S/C25H23NO4/c1-30-24-16-20(10-13-23(24)28)11-14-25(29)26-22-15-19(9-12-21(22)17-27)8-7-18-5-3-2-4-6-18/h2-6,9-17,28H,7-8H2,1H3,(H,26,29)/b14-11+. The number of aryl methyl sites for hydroxylation is 2. The van der Waals surface area contributed by atoms with Crippen molar-refractivity contribution in [2.45, 2.75) is 12.8 Å². The molecule has 3 aromatic carbocycles. The van der Waals surface area contributed by atoms with Gasteiger partial charge in [-0.3, -0.25) is 9.59 Å². The lowest BCUT2D eigenvalue weighted by molar-refractivity contribution is -0.111. The van der Waals surface area contributed by atoms with E-state index in [0.29, 0.717) is 22.6 Å². The van der Waals surface area contributed by atoms with Crippen LogP contribution < -0.4 is 10.1 Å². The van der Waals surface area contributed by atoms with Gasteiger partial charge in [0.15, 0.2) is 17.8 Å². The highest BCUT2D eigenvalue weighted by Gasteiger charge is 2.07. The fourth-order valence-electron chi connectivity index (χ4n) is 3.05. The summed E-state index contributed by atoms with van der Waals surface area (Å²) in [5, 5.41) is 12.4. The Hall–Kier alpha value is -3.86. The molecule has 152 valence electrons. The molecule has 0 aliphatic rings. The molecule has 0 heterocycles. The number of ether oxygens (including phenoxy) is 1. The van der Waals surface area contributed by atoms with Crippen molar-refractivity contribution in [3.63, 3.8) is 0 Å². The lowest BCUT2D eigenvalue weighted by atomic mass is 10.0. The molecular weight excluding hydrogens is 378 g/mol. The van der Waals surface area contributed by atoms with Crippen LogP contribution in [0, 0.1) is 0 Å². The van der Waals surface area contributed by atoms with Crippen LogP contribution in [0.25, 0.3) is 6.08 Å². The number of phenols is 1. The summed E-state index contributed by atoms with van der Waals surface area (Å²) in [4.78, 5) is 23.7. The predicted molar refractivity (Wildman–Crippen MR) is 118 cm³/mol. The molecule has 0 radical (unpaired) electrons. The average molecular weight is 401 g/mol. The molecule has 30 heavy (non-hydrogen) atoms. The van der Waals surface area contributed by atoms with Crippen LogP contribution in [0.2, 0.25) is 0 Å². The van der Waals surface area contributed by atoms with Crippen LogP contribution in [-0.2, 0) is 17.6 Å². The molecule has 0 saturated heterocycles. The van der Waals surface area contributed by atoms with E-state index in [1.54, 1.807) is 24.3 Å². The first-order valence-corrected chi connectivity index (χ1v) is 9.57. The average Bonchev–Trinajstić information content (AvgIpc) is 2.78. The van der Waals surface area contributed by atoms with E-state index < -0.39 is 0 Å². The Labute approximate surface area is 175 Å². The number of nitrogens with one attached hydrogen (secondary N) is 1. The summed E-state index contributed by atoms with van der Waals surface area (Å²) in [6.07, 6.45) is 5.38.